The van der Waals surface area contributed by atoms with E-state index in [0.717, 1.165) is 15.2 Å². The molecule has 0 spiro atoms. The largest absolute Gasteiger partial charge is 0.397 e. The lowest BCUT2D eigenvalue weighted by Crippen LogP contribution is -1.94. The molecular formula is C8H9N3S. The predicted octanol–water partition coefficient (Wildman–Crippen LogP) is 1.77. The lowest BCUT2D eigenvalue weighted by Gasteiger charge is -1.98. The van der Waals surface area contributed by atoms with Crippen molar-refractivity contribution in [2.24, 2.45) is 0 Å². The summed E-state index contributed by atoms with van der Waals surface area (Å²) in [4.78, 5) is 4.29. The van der Waals surface area contributed by atoms with E-state index in [9.17, 15) is 0 Å². The molecule has 12 heavy (non-hydrogen) atoms. The number of rotatable bonds is 0. The summed E-state index contributed by atoms with van der Waals surface area (Å²) < 4.78 is 1.10. The third kappa shape index (κ3) is 0.921. The molecule has 0 aliphatic heterocycles. The Labute approximate surface area is 74.0 Å². The Bertz CT molecular complexity index is 433. The maximum Gasteiger partial charge on any atom is 0.107 e. The van der Waals surface area contributed by atoms with Crippen LogP contribution in [0.3, 0.4) is 0 Å². The Morgan fingerprint density at radius 3 is 2.83 bits per heavy atom. The van der Waals surface area contributed by atoms with Gasteiger partial charge in [0.15, 0.2) is 0 Å². The van der Waals surface area contributed by atoms with E-state index in [0.29, 0.717) is 11.4 Å². The van der Waals surface area contributed by atoms with Crippen LogP contribution >= 0.6 is 11.3 Å². The topological polar surface area (TPSA) is 64.9 Å². The van der Waals surface area contributed by atoms with Gasteiger partial charge in [0, 0.05) is 0 Å². The highest BCUT2D eigenvalue weighted by molar-refractivity contribution is 7.18. The maximum atomic E-state index is 5.75. The monoisotopic (exact) mass is 179 g/mol. The number of anilines is 2. The van der Waals surface area contributed by atoms with Crippen molar-refractivity contribution >= 4 is 32.9 Å². The molecule has 0 fully saturated rings. The standard InChI is InChI=1S/C8H9N3S/c1-4-11-8-6(12-4)3-2-5(9)7(8)10/h2-3H,9-10H2,1H3. The molecule has 1 heterocycles. The summed E-state index contributed by atoms with van der Waals surface area (Å²) in [5.41, 5.74) is 13.4. The minimum atomic E-state index is 0.594. The highest BCUT2D eigenvalue weighted by Gasteiger charge is 2.05. The number of nitrogen functional groups attached to an aromatic ring is 2. The van der Waals surface area contributed by atoms with Gasteiger partial charge in [-0.15, -0.1) is 11.3 Å². The minimum Gasteiger partial charge on any atom is -0.397 e. The third-order valence-electron chi connectivity index (χ3n) is 1.74. The van der Waals surface area contributed by atoms with Crippen LogP contribution in [-0.4, -0.2) is 4.98 Å². The van der Waals surface area contributed by atoms with Crippen LogP contribution in [0.4, 0.5) is 11.4 Å². The van der Waals surface area contributed by atoms with E-state index in [-0.39, 0.29) is 0 Å². The van der Waals surface area contributed by atoms with E-state index < -0.39 is 0 Å². The number of benzene rings is 1. The zero-order chi connectivity index (χ0) is 8.72. The van der Waals surface area contributed by atoms with Crippen LogP contribution in [0.25, 0.3) is 10.2 Å². The summed E-state index contributed by atoms with van der Waals surface area (Å²) in [6.07, 6.45) is 0. The Morgan fingerprint density at radius 1 is 1.33 bits per heavy atom. The smallest absolute Gasteiger partial charge is 0.107 e. The van der Waals surface area contributed by atoms with Gasteiger partial charge < -0.3 is 11.5 Å². The second kappa shape index (κ2) is 2.35. The van der Waals surface area contributed by atoms with Crippen LogP contribution in [0.2, 0.25) is 0 Å². The van der Waals surface area contributed by atoms with Gasteiger partial charge in [0.2, 0.25) is 0 Å². The summed E-state index contributed by atoms with van der Waals surface area (Å²) >= 11 is 1.63. The number of fused-ring (bicyclic) bond motifs is 1. The van der Waals surface area contributed by atoms with Crippen molar-refractivity contribution in [3.05, 3.63) is 17.1 Å². The van der Waals surface area contributed by atoms with Crippen molar-refractivity contribution in [3.63, 3.8) is 0 Å². The van der Waals surface area contributed by atoms with Crippen LogP contribution in [0, 0.1) is 6.92 Å². The van der Waals surface area contributed by atoms with Crippen LogP contribution in [-0.2, 0) is 0 Å². The van der Waals surface area contributed by atoms with Gasteiger partial charge >= 0.3 is 0 Å². The SMILES string of the molecule is Cc1nc2c(N)c(N)ccc2s1. The second-order valence-corrected chi connectivity index (χ2v) is 3.88. The zero-order valence-electron chi connectivity index (χ0n) is 6.66. The molecule has 1 aromatic carbocycles. The predicted molar refractivity (Wildman–Crippen MR) is 53.2 cm³/mol. The molecule has 0 saturated heterocycles. The van der Waals surface area contributed by atoms with Gasteiger partial charge in [-0.25, -0.2) is 4.98 Å². The van der Waals surface area contributed by atoms with E-state index in [1.54, 1.807) is 11.3 Å². The molecule has 0 aliphatic carbocycles. The molecular weight excluding hydrogens is 170 g/mol. The molecule has 0 unspecified atom stereocenters. The highest BCUT2D eigenvalue weighted by Crippen LogP contribution is 2.29. The zero-order valence-corrected chi connectivity index (χ0v) is 7.48. The Hall–Kier alpha value is -1.29. The number of aryl methyl sites for hydroxylation is 1. The van der Waals surface area contributed by atoms with E-state index in [4.69, 9.17) is 11.5 Å². The molecule has 0 atom stereocenters. The normalized spacial score (nSPS) is 10.8. The summed E-state index contributed by atoms with van der Waals surface area (Å²) in [7, 11) is 0. The molecule has 62 valence electrons. The first-order valence-electron chi connectivity index (χ1n) is 3.59. The molecule has 0 amide bonds. The quantitative estimate of drug-likeness (QED) is 0.606. The van der Waals surface area contributed by atoms with Gasteiger partial charge in [0.1, 0.15) is 5.52 Å². The molecule has 1 aromatic heterocycles. The van der Waals surface area contributed by atoms with Crippen LogP contribution in [0.5, 0.6) is 0 Å². The molecule has 4 N–H and O–H groups in total. The van der Waals surface area contributed by atoms with Crippen LogP contribution < -0.4 is 11.5 Å². The number of hydrogen-bond donors (Lipinski definition) is 2. The number of nitrogens with zero attached hydrogens (tertiary/aromatic N) is 1. The van der Waals surface area contributed by atoms with Crippen molar-refractivity contribution in [3.8, 4) is 0 Å². The fraction of sp³-hybridized carbons (Fsp3) is 0.125. The minimum absolute atomic E-state index is 0.594. The van der Waals surface area contributed by atoms with Crippen molar-refractivity contribution in [2.45, 2.75) is 6.92 Å². The van der Waals surface area contributed by atoms with Gasteiger partial charge in [-0.2, -0.15) is 0 Å². The van der Waals surface area contributed by atoms with Crippen molar-refractivity contribution < 1.29 is 0 Å². The van der Waals surface area contributed by atoms with Crippen molar-refractivity contribution in [2.75, 3.05) is 11.5 Å². The molecule has 4 heteroatoms. The van der Waals surface area contributed by atoms with Gasteiger partial charge in [-0.3, -0.25) is 0 Å². The molecule has 3 nitrogen and oxygen atoms in total. The van der Waals surface area contributed by atoms with Crippen LogP contribution in [0.15, 0.2) is 12.1 Å². The molecule has 0 radical (unpaired) electrons. The fourth-order valence-corrected chi connectivity index (χ4v) is 1.98. The van der Waals surface area contributed by atoms with Gasteiger partial charge in [0.25, 0.3) is 0 Å². The summed E-state index contributed by atoms with van der Waals surface area (Å²) in [6, 6.07) is 3.76. The average molecular weight is 179 g/mol. The van der Waals surface area contributed by atoms with Crippen LogP contribution in [0.1, 0.15) is 5.01 Å². The molecule has 2 rings (SSSR count). The van der Waals surface area contributed by atoms with Gasteiger partial charge in [0.05, 0.1) is 21.1 Å². The summed E-state index contributed by atoms with van der Waals surface area (Å²) in [5.74, 6) is 0. The Kier molecular flexibility index (Phi) is 1.44. The maximum absolute atomic E-state index is 5.75. The highest BCUT2D eigenvalue weighted by atomic mass is 32.1. The number of aromatic nitrogens is 1. The van der Waals surface area contributed by atoms with Gasteiger partial charge in [-0.05, 0) is 19.1 Å². The molecule has 0 bridgehead atoms. The summed E-state index contributed by atoms with van der Waals surface area (Å²) in [6.45, 7) is 1.96. The first-order valence-corrected chi connectivity index (χ1v) is 4.41. The number of hydrogen-bond acceptors (Lipinski definition) is 4. The van der Waals surface area contributed by atoms with Crippen molar-refractivity contribution in [1.82, 2.24) is 4.98 Å². The van der Waals surface area contributed by atoms with E-state index in [1.807, 2.05) is 19.1 Å². The first-order chi connectivity index (χ1) is 5.68. The first kappa shape index (κ1) is 7.36. The van der Waals surface area contributed by atoms with E-state index in [1.165, 1.54) is 0 Å². The fourth-order valence-electron chi connectivity index (χ4n) is 1.14. The van der Waals surface area contributed by atoms with E-state index in [2.05, 4.69) is 4.98 Å². The average Bonchev–Trinajstić information content (AvgIpc) is 2.39. The molecule has 0 aliphatic rings. The Balaban J connectivity index is 2.89. The number of thiazole rings is 1. The number of nitrogens with two attached hydrogens (primary N) is 2. The molecule has 2 aromatic rings. The lowest BCUT2D eigenvalue weighted by atomic mass is 10.2. The lowest BCUT2D eigenvalue weighted by molar-refractivity contribution is 1.35. The molecule has 0 saturated carbocycles. The second-order valence-electron chi connectivity index (χ2n) is 2.65. The van der Waals surface area contributed by atoms with Gasteiger partial charge in [-0.1, -0.05) is 0 Å². The summed E-state index contributed by atoms with van der Waals surface area (Å²) in [5, 5.41) is 1.02. The Morgan fingerprint density at radius 2 is 2.08 bits per heavy atom. The third-order valence-corrected chi connectivity index (χ3v) is 2.68. The van der Waals surface area contributed by atoms with Crippen molar-refractivity contribution in [1.29, 1.82) is 0 Å². The van der Waals surface area contributed by atoms with E-state index >= 15 is 0 Å².